The summed E-state index contributed by atoms with van der Waals surface area (Å²) in [6, 6.07) is 12.4. The normalized spacial score (nSPS) is 15.2. The van der Waals surface area contributed by atoms with Crippen molar-refractivity contribution in [3.63, 3.8) is 0 Å². The second kappa shape index (κ2) is 6.51. The maximum Gasteiger partial charge on any atom is 0.184 e. The number of aryl methyl sites for hydroxylation is 3. The van der Waals surface area contributed by atoms with Crippen LogP contribution in [0.15, 0.2) is 36.4 Å². The summed E-state index contributed by atoms with van der Waals surface area (Å²) in [5.41, 5.74) is 5.86. The highest BCUT2D eigenvalue weighted by Crippen LogP contribution is 2.28. The molecule has 1 aliphatic rings. The minimum atomic E-state index is -0.263. The zero-order valence-electron chi connectivity index (χ0n) is 13.4. The minimum absolute atomic E-state index is 0.263. The molecule has 0 N–H and O–H groups in total. The van der Waals surface area contributed by atoms with Crippen LogP contribution in [0, 0.1) is 20.8 Å². The lowest BCUT2D eigenvalue weighted by molar-refractivity contribution is -0.0451. The van der Waals surface area contributed by atoms with Crippen LogP contribution in [0.25, 0.3) is 0 Å². The molecule has 2 aromatic rings. The van der Waals surface area contributed by atoms with E-state index in [2.05, 4.69) is 39.0 Å². The number of hydrogen-bond donors (Lipinski definition) is 0. The second-order valence-corrected chi connectivity index (χ2v) is 5.76. The van der Waals surface area contributed by atoms with Crippen molar-refractivity contribution in [2.45, 2.75) is 33.7 Å². The number of rotatable bonds is 4. The summed E-state index contributed by atoms with van der Waals surface area (Å²) < 4.78 is 17.3. The first-order valence-corrected chi connectivity index (χ1v) is 7.67. The van der Waals surface area contributed by atoms with E-state index < -0.39 is 0 Å². The van der Waals surface area contributed by atoms with E-state index in [1.807, 2.05) is 18.2 Å². The molecule has 22 heavy (non-hydrogen) atoms. The number of benzene rings is 2. The van der Waals surface area contributed by atoms with Crippen LogP contribution in [0.3, 0.4) is 0 Å². The Hall–Kier alpha value is -1.84. The van der Waals surface area contributed by atoms with Crippen LogP contribution in [-0.4, -0.2) is 13.2 Å². The van der Waals surface area contributed by atoms with E-state index in [-0.39, 0.29) is 6.29 Å². The first-order chi connectivity index (χ1) is 10.6. The lowest BCUT2D eigenvalue weighted by Crippen LogP contribution is -2.06. The van der Waals surface area contributed by atoms with E-state index in [1.165, 1.54) is 11.1 Å². The molecule has 0 spiro atoms. The van der Waals surface area contributed by atoms with Crippen LogP contribution in [0.5, 0.6) is 5.75 Å². The van der Waals surface area contributed by atoms with Crippen molar-refractivity contribution in [3.8, 4) is 5.75 Å². The highest BCUT2D eigenvalue weighted by molar-refractivity contribution is 5.41. The summed E-state index contributed by atoms with van der Waals surface area (Å²) in [6.45, 7) is 8.12. The SMILES string of the molecule is Cc1cc(C)c(OCc2ccccc2C2OCCO2)cc1C. The number of hydrogen-bond acceptors (Lipinski definition) is 3. The molecule has 1 saturated heterocycles. The van der Waals surface area contributed by atoms with Gasteiger partial charge in [-0.2, -0.15) is 0 Å². The minimum Gasteiger partial charge on any atom is -0.489 e. The molecule has 0 aromatic heterocycles. The molecule has 116 valence electrons. The van der Waals surface area contributed by atoms with Crippen molar-refractivity contribution in [1.29, 1.82) is 0 Å². The first kappa shape index (κ1) is 15.1. The van der Waals surface area contributed by atoms with Gasteiger partial charge in [0.05, 0.1) is 13.2 Å². The molecule has 0 bridgehead atoms. The van der Waals surface area contributed by atoms with Gasteiger partial charge in [0.15, 0.2) is 6.29 Å². The molecular weight excluding hydrogens is 276 g/mol. The molecular formula is C19H22O3. The lowest BCUT2D eigenvalue weighted by atomic mass is 10.1. The maximum atomic E-state index is 6.05. The Morgan fingerprint density at radius 1 is 0.955 bits per heavy atom. The molecule has 0 radical (unpaired) electrons. The van der Waals surface area contributed by atoms with Crippen molar-refractivity contribution in [3.05, 3.63) is 64.2 Å². The Labute approximate surface area is 131 Å². The van der Waals surface area contributed by atoms with E-state index in [0.29, 0.717) is 19.8 Å². The Kier molecular flexibility index (Phi) is 4.46. The molecule has 0 atom stereocenters. The molecule has 1 heterocycles. The highest BCUT2D eigenvalue weighted by atomic mass is 16.7. The molecule has 1 aliphatic heterocycles. The van der Waals surface area contributed by atoms with Crippen molar-refractivity contribution in [2.75, 3.05) is 13.2 Å². The lowest BCUT2D eigenvalue weighted by Gasteiger charge is -2.16. The van der Waals surface area contributed by atoms with Crippen LogP contribution >= 0.6 is 0 Å². The van der Waals surface area contributed by atoms with Gasteiger partial charge in [0.25, 0.3) is 0 Å². The van der Waals surface area contributed by atoms with Gasteiger partial charge < -0.3 is 14.2 Å². The van der Waals surface area contributed by atoms with Gasteiger partial charge in [-0.25, -0.2) is 0 Å². The van der Waals surface area contributed by atoms with E-state index in [9.17, 15) is 0 Å². The van der Waals surface area contributed by atoms with Gasteiger partial charge in [-0.15, -0.1) is 0 Å². The molecule has 3 nitrogen and oxygen atoms in total. The molecule has 2 aromatic carbocycles. The smallest absolute Gasteiger partial charge is 0.184 e. The highest BCUT2D eigenvalue weighted by Gasteiger charge is 2.21. The van der Waals surface area contributed by atoms with Crippen LogP contribution < -0.4 is 4.74 Å². The molecule has 1 fully saturated rings. The largest absolute Gasteiger partial charge is 0.489 e. The Bertz CT molecular complexity index is 658. The molecule has 0 amide bonds. The van der Waals surface area contributed by atoms with Crippen LogP contribution in [0.4, 0.5) is 0 Å². The predicted molar refractivity (Wildman–Crippen MR) is 86.1 cm³/mol. The average Bonchev–Trinajstić information content (AvgIpc) is 3.04. The number of ether oxygens (including phenoxy) is 3. The third-order valence-corrected chi connectivity index (χ3v) is 4.11. The second-order valence-electron chi connectivity index (χ2n) is 5.76. The summed E-state index contributed by atoms with van der Waals surface area (Å²) in [4.78, 5) is 0. The monoisotopic (exact) mass is 298 g/mol. The molecule has 3 heteroatoms. The molecule has 0 saturated carbocycles. The standard InChI is InChI=1S/C19H22O3/c1-13-10-15(3)18(11-14(13)2)22-12-16-6-4-5-7-17(16)19-20-8-9-21-19/h4-7,10-11,19H,8-9,12H2,1-3H3. The Morgan fingerprint density at radius 3 is 2.41 bits per heavy atom. The summed E-state index contributed by atoms with van der Waals surface area (Å²) in [5, 5.41) is 0. The fourth-order valence-electron chi connectivity index (χ4n) is 2.68. The van der Waals surface area contributed by atoms with Gasteiger partial charge in [-0.1, -0.05) is 30.3 Å². The van der Waals surface area contributed by atoms with Crippen molar-refractivity contribution < 1.29 is 14.2 Å². The topological polar surface area (TPSA) is 27.7 Å². The quantitative estimate of drug-likeness (QED) is 0.845. The van der Waals surface area contributed by atoms with Crippen molar-refractivity contribution >= 4 is 0 Å². The van der Waals surface area contributed by atoms with Gasteiger partial charge in [-0.05, 0) is 49.1 Å². The summed E-state index contributed by atoms with van der Waals surface area (Å²) in [7, 11) is 0. The van der Waals surface area contributed by atoms with Crippen LogP contribution in [0.2, 0.25) is 0 Å². The average molecular weight is 298 g/mol. The summed E-state index contributed by atoms with van der Waals surface area (Å²) in [6.07, 6.45) is -0.263. The van der Waals surface area contributed by atoms with Gasteiger partial charge in [0, 0.05) is 5.56 Å². The first-order valence-electron chi connectivity index (χ1n) is 7.67. The summed E-state index contributed by atoms with van der Waals surface area (Å²) >= 11 is 0. The van der Waals surface area contributed by atoms with Crippen molar-refractivity contribution in [2.24, 2.45) is 0 Å². The van der Waals surface area contributed by atoms with Gasteiger partial charge in [0.2, 0.25) is 0 Å². The Balaban J connectivity index is 1.78. The molecule has 3 rings (SSSR count). The van der Waals surface area contributed by atoms with Crippen LogP contribution in [0.1, 0.15) is 34.1 Å². The van der Waals surface area contributed by atoms with Gasteiger partial charge in [-0.3, -0.25) is 0 Å². The van der Waals surface area contributed by atoms with E-state index in [0.717, 1.165) is 22.4 Å². The summed E-state index contributed by atoms with van der Waals surface area (Å²) in [5.74, 6) is 0.936. The molecule has 0 aliphatic carbocycles. The zero-order valence-corrected chi connectivity index (χ0v) is 13.4. The third-order valence-electron chi connectivity index (χ3n) is 4.11. The molecule has 0 unspecified atom stereocenters. The fraction of sp³-hybridized carbons (Fsp3) is 0.368. The Morgan fingerprint density at radius 2 is 1.64 bits per heavy atom. The van der Waals surface area contributed by atoms with Gasteiger partial charge in [0.1, 0.15) is 12.4 Å². The zero-order chi connectivity index (χ0) is 15.5. The van der Waals surface area contributed by atoms with Gasteiger partial charge >= 0.3 is 0 Å². The maximum absolute atomic E-state index is 6.05. The van der Waals surface area contributed by atoms with E-state index in [4.69, 9.17) is 14.2 Å². The van der Waals surface area contributed by atoms with E-state index in [1.54, 1.807) is 0 Å². The third kappa shape index (κ3) is 3.16. The van der Waals surface area contributed by atoms with E-state index >= 15 is 0 Å². The predicted octanol–water partition coefficient (Wildman–Crippen LogP) is 4.24. The van der Waals surface area contributed by atoms with Crippen molar-refractivity contribution in [1.82, 2.24) is 0 Å². The van der Waals surface area contributed by atoms with Crippen LogP contribution in [-0.2, 0) is 16.1 Å². The fourth-order valence-corrected chi connectivity index (χ4v) is 2.68.